The van der Waals surface area contributed by atoms with Crippen molar-refractivity contribution in [3.05, 3.63) is 29.8 Å². The Hall–Kier alpha value is -1.72. The smallest absolute Gasteiger partial charge is 0.471 e. The average Bonchev–Trinajstić information content (AvgIpc) is 2.45. The third kappa shape index (κ3) is 3.05. The standard InChI is InChI=1S/C14H16F3NO2/c1-20-12-5-3-2-4-11(12)10-6-8-18(9-7-10)13(19)14(15,16)17/h2-5,10H,6-9H2,1H3. The van der Waals surface area contributed by atoms with Crippen LogP contribution in [0.1, 0.15) is 24.3 Å². The summed E-state index contributed by atoms with van der Waals surface area (Å²) in [6.07, 6.45) is -3.75. The summed E-state index contributed by atoms with van der Waals surface area (Å²) in [5.74, 6) is -0.868. The molecule has 0 N–H and O–H groups in total. The first kappa shape index (κ1) is 14.7. The molecule has 2 rings (SSSR count). The molecule has 1 aromatic carbocycles. The summed E-state index contributed by atoms with van der Waals surface area (Å²) in [5, 5.41) is 0. The molecule has 0 aromatic heterocycles. The van der Waals surface area contributed by atoms with E-state index in [-0.39, 0.29) is 19.0 Å². The number of piperidine rings is 1. The van der Waals surface area contributed by atoms with Crippen LogP contribution in [0.5, 0.6) is 5.75 Å². The first-order valence-electron chi connectivity index (χ1n) is 6.42. The normalized spacial score (nSPS) is 17.1. The second kappa shape index (κ2) is 5.73. The Kier molecular flexibility index (Phi) is 4.20. The Labute approximate surface area is 115 Å². The fraction of sp³-hybridized carbons (Fsp3) is 0.500. The van der Waals surface area contributed by atoms with Gasteiger partial charge in [0.25, 0.3) is 0 Å². The molecule has 1 fully saturated rings. The van der Waals surface area contributed by atoms with Crippen LogP contribution in [0.2, 0.25) is 0 Å². The Morgan fingerprint density at radius 1 is 1.25 bits per heavy atom. The van der Waals surface area contributed by atoms with Gasteiger partial charge in [-0.05, 0) is 30.4 Å². The molecule has 1 amide bonds. The van der Waals surface area contributed by atoms with E-state index in [0.29, 0.717) is 12.8 Å². The number of hydrogen-bond donors (Lipinski definition) is 0. The maximum absolute atomic E-state index is 12.4. The zero-order valence-corrected chi connectivity index (χ0v) is 11.1. The highest BCUT2D eigenvalue weighted by atomic mass is 19.4. The fourth-order valence-corrected chi connectivity index (χ4v) is 2.58. The molecule has 1 aliphatic heterocycles. The Morgan fingerprint density at radius 3 is 2.40 bits per heavy atom. The molecule has 1 aliphatic rings. The molecule has 1 saturated heterocycles. The molecular formula is C14H16F3NO2. The summed E-state index contributed by atoms with van der Waals surface area (Å²) in [7, 11) is 1.57. The first-order chi connectivity index (χ1) is 9.43. The van der Waals surface area contributed by atoms with Gasteiger partial charge in [-0.25, -0.2) is 0 Å². The highest BCUT2D eigenvalue weighted by Gasteiger charge is 2.43. The van der Waals surface area contributed by atoms with E-state index in [0.717, 1.165) is 16.2 Å². The van der Waals surface area contributed by atoms with Gasteiger partial charge in [-0.2, -0.15) is 13.2 Å². The lowest BCUT2D eigenvalue weighted by Gasteiger charge is -2.33. The molecular weight excluding hydrogens is 271 g/mol. The summed E-state index contributed by atoms with van der Waals surface area (Å²) >= 11 is 0. The van der Waals surface area contributed by atoms with Gasteiger partial charge in [-0.15, -0.1) is 0 Å². The van der Waals surface area contributed by atoms with Crippen molar-refractivity contribution in [2.75, 3.05) is 20.2 Å². The van der Waals surface area contributed by atoms with E-state index in [4.69, 9.17) is 4.74 Å². The second-order valence-electron chi connectivity index (χ2n) is 4.81. The SMILES string of the molecule is COc1ccccc1C1CCN(C(=O)C(F)(F)F)CC1. The van der Waals surface area contributed by atoms with Crippen LogP contribution in [0.4, 0.5) is 13.2 Å². The van der Waals surface area contributed by atoms with Crippen LogP contribution in [0.3, 0.4) is 0 Å². The maximum Gasteiger partial charge on any atom is 0.471 e. The monoisotopic (exact) mass is 287 g/mol. The summed E-state index contributed by atoms with van der Waals surface area (Å²) in [6.45, 7) is 0.252. The van der Waals surface area contributed by atoms with Gasteiger partial charge in [-0.1, -0.05) is 18.2 Å². The van der Waals surface area contributed by atoms with Crippen LogP contribution < -0.4 is 4.74 Å². The number of rotatable bonds is 2. The van der Waals surface area contributed by atoms with Crippen LogP contribution in [0, 0.1) is 0 Å². The zero-order chi connectivity index (χ0) is 14.8. The minimum atomic E-state index is -4.78. The number of halogens is 3. The summed E-state index contributed by atoms with van der Waals surface area (Å²) in [4.78, 5) is 12.0. The van der Waals surface area contributed by atoms with Gasteiger partial charge < -0.3 is 9.64 Å². The van der Waals surface area contributed by atoms with Crippen molar-refractivity contribution in [1.82, 2.24) is 4.90 Å². The number of nitrogens with zero attached hydrogens (tertiary/aromatic N) is 1. The van der Waals surface area contributed by atoms with E-state index < -0.39 is 12.1 Å². The predicted octanol–water partition coefficient (Wildman–Crippen LogP) is 2.96. The number of amides is 1. The number of hydrogen-bond acceptors (Lipinski definition) is 2. The van der Waals surface area contributed by atoms with Crippen LogP contribution in [-0.2, 0) is 4.79 Å². The van der Waals surface area contributed by atoms with Crippen molar-refractivity contribution in [2.24, 2.45) is 0 Å². The number of alkyl halides is 3. The van der Waals surface area contributed by atoms with E-state index >= 15 is 0 Å². The molecule has 0 unspecified atom stereocenters. The molecule has 20 heavy (non-hydrogen) atoms. The van der Waals surface area contributed by atoms with Crippen molar-refractivity contribution in [2.45, 2.75) is 24.9 Å². The third-order valence-electron chi connectivity index (χ3n) is 3.60. The second-order valence-corrected chi connectivity index (χ2v) is 4.81. The van der Waals surface area contributed by atoms with E-state index in [1.807, 2.05) is 24.3 Å². The summed E-state index contributed by atoms with van der Waals surface area (Å²) in [5.41, 5.74) is 0.995. The number of para-hydroxylation sites is 1. The molecule has 0 bridgehead atoms. The molecule has 0 saturated carbocycles. The van der Waals surface area contributed by atoms with E-state index in [2.05, 4.69) is 0 Å². The van der Waals surface area contributed by atoms with Gasteiger partial charge in [0.05, 0.1) is 7.11 Å². The van der Waals surface area contributed by atoms with E-state index in [9.17, 15) is 18.0 Å². The van der Waals surface area contributed by atoms with Gasteiger partial charge in [0.1, 0.15) is 5.75 Å². The van der Waals surface area contributed by atoms with Crippen molar-refractivity contribution >= 4 is 5.91 Å². The number of carbonyl (C=O) groups excluding carboxylic acids is 1. The van der Waals surface area contributed by atoms with Gasteiger partial charge in [0.15, 0.2) is 0 Å². The zero-order valence-electron chi connectivity index (χ0n) is 11.1. The van der Waals surface area contributed by atoms with Gasteiger partial charge in [0.2, 0.25) is 0 Å². The lowest BCUT2D eigenvalue weighted by molar-refractivity contribution is -0.186. The average molecular weight is 287 g/mol. The van der Waals surface area contributed by atoms with Crippen molar-refractivity contribution in [3.8, 4) is 5.75 Å². The molecule has 0 aliphatic carbocycles. The number of carbonyl (C=O) groups is 1. The van der Waals surface area contributed by atoms with Crippen LogP contribution in [-0.4, -0.2) is 37.2 Å². The largest absolute Gasteiger partial charge is 0.496 e. The predicted molar refractivity (Wildman–Crippen MR) is 67.6 cm³/mol. The molecule has 0 atom stereocenters. The topological polar surface area (TPSA) is 29.5 Å². The molecule has 1 heterocycles. The Bertz CT molecular complexity index is 480. The van der Waals surface area contributed by atoms with Crippen molar-refractivity contribution < 1.29 is 22.7 Å². The minimum Gasteiger partial charge on any atom is -0.496 e. The summed E-state index contributed by atoms with van der Waals surface area (Å²) < 4.78 is 42.4. The van der Waals surface area contributed by atoms with Gasteiger partial charge in [-0.3, -0.25) is 4.79 Å². The minimum absolute atomic E-state index is 0.126. The quantitative estimate of drug-likeness (QED) is 0.837. The number of ether oxygens (including phenoxy) is 1. The number of methoxy groups -OCH3 is 1. The molecule has 0 spiro atoms. The molecule has 6 heteroatoms. The lowest BCUT2D eigenvalue weighted by atomic mass is 9.89. The van der Waals surface area contributed by atoms with Gasteiger partial charge in [0, 0.05) is 13.1 Å². The fourth-order valence-electron chi connectivity index (χ4n) is 2.58. The highest BCUT2D eigenvalue weighted by Crippen LogP contribution is 2.34. The Balaban J connectivity index is 2.03. The van der Waals surface area contributed by atoms with E-state index in [1.54, 1.807) is 7.11 Å². The van der Waals surface area contributed by atoms with Crippen molar-refractivity contribution in [1.29, 1.82) is 0 Å². The number of benzene rings is 1. The highest BCUT2D eigenvalue weighted by molar-refractivity contribution is 5.81. The van der Waals surface area contributed by atoms with Gasteiger partial charge >= 0.3 is 12.1 Å². The summed E-state index contributed by atoms with van der Waals surface area (Å²) in [6, 6.07) is 7.49. The molecule has 110 valence electrons. The number of likely N-dealkylation sites (tertiary alicyclic amines) is 1. The first-order valence-corrected chi connectivity index (χ1v) is 6.42. The maximum atomic E-state index is 12.4. The van der Waals surface area contributed by atoms with Crippen LogP contribution in [0.25, 0.3) is 0 Å². The lowest BCUT2D eigenvalue weighted by Crippen LogP contribution is -2.45. The van der Waals surface area contributed by atoms with E-state index in [1.165, 1.54) is 0 Å². The van der Waals surface area contributed by atoms with Crippen molar-refractivity contribution in [3.63, 3.8) is 0 Å². The molecule has 3 nitrogen and oxygen atoms in total. The van der Waals surface area contributed by atoms with Crippen LogP contribution in [0.15, 0.2) is 24.3 Å². The van der Waals surface area contributed by atoms with Crippen LogP contribution >= 0.6 is 0 Å². The Morgan fingerprint density at radius 2 is 1.85 bits per heavy atom. The molecule has 1 aromatic rings. The third-order valence-corrected chi connectivity index (χ3v) is 3.60. The molecule has 0 radical (unpaired) electrons.